The first kappa shape index (κ1) is 17.6. The summed E-state index contributed by atoms with van der Waals surface area (Å²) in [5.41, 5.74) is 1.42. The molecule has 1 fully saturated rings. The van der Waals surface area contributed by atoms with E-state index in [-0.39, 0.29) is 5.91 Å². The minimum absolute atomic E-state index is 0.267. The zero-order chi connectivity index (χ0) is 18.7. The average Bonchev–Trinajstić information content (AvgIpc) is 2.89. The van der Waals surface area contributed by atoms with Crippen LogP contribution in [0.1, 0.15) is 28.4 Å². The summed E-state index contributed by atoms with van der Waals surface area (Å²) in [5.74, 6) is -0.698. The maximum atomic E-state index is 12.4. The molecule has 1 heterocycles. The topological polar surface area (TPSA) is 96.5 Å². The Bertz CT molecular complexity index is 863. The second-order valence-corrected chi connectivity index (χ2v) is 6.20. The molecule has 2 aromatic rings. The van der Waals surface area contributed by atoms with Crippen molar-refractivity contribution in [3.05, 3.63) is 65.2 Å². The summed E-state index contributed by atoms with van der Waals surface area (Å²) in [6.07, 6.45) is 0. The van der Waals surface area contributed by atoms with Crippen molar-refractivity contribution in [2.45, 2.75) is 19.1 Å². The normalized spacial score (nSPS) is 19.0. The Morgan fingerprint density at radius 2 is 1.88 bits per heavy atom. The lowest BCUT2D eigenvalue weighted by Gasteiger charge is -2.21. The predicted octanol–water partition coefficient (Wildman–Crippen LogP) is 2.14. The van der Waals surface area contributed by atoms with Crippen LogP contribution in [-0.2, 0) is 21.7 Å². The Morgan fingerprint density at radius 1 is 1.15 bits per heavy atom. The molecule has 0 aromatic heterocycles. The second kappa shape index (κ2) is 6.97. The Balaban J connectivity index is 1.77. The molecule has 0 saturated carbocycles. The van der Waals surface area contributed by atoms with Crippen molar-refractivity contribution in [1.29, 1.82) is 0 Å². The molecule has 0 radical (unpaired) electrons. The predicted molar refractivity (Wildman–Crippen MR) is 95.6 cm³/mol. The van der Waals surface area contributed by atoms with Gasteiger partial charge in [-0.3, -0.25) is 14.9 Å². The standard InChI is InChI=1S/C19H19N3O4/c1-19(17(24)21-18(25)22-19)14-4-3-5-15(10-14)20-16(23)13-8-6-12(7-9-13)11-26-2/h3-10H,11H2,1-2H3,(H,20,23)(H2,21,22,24,25). The third kappa shape index (κ3) is 3.43. The van der Waals surface area contributed by atoms with Crippen molar-refractivity contribution < 1.29 is 19.1 Å². The van der Waals surface area contributed by atoms with Crippen LogP contribution in [0, 0.1) is 0 Å². The molecule has 7 nitrogen and oxygen atoms in total. The van der Waals surface area contributed by atoms with Gasteiger partial charge in [0, 0.05) is 18.4 Å². The summed E-state index contributed by atoms with van der Waals surface area (Å²) in [6.45, 7) is 2.10. The Kier molecular flexibility index (Phi) is 4.73. The number of benzene rings is 2. The fourth-order valence-corrected chi connectivity index (χ4v) is 2.78. The van der Waals surface area contributed by atoms with E-state index in [1.807, 2.05) is 12.1 Å². The van der Waals surface area contributed by atoms with Gasteiger partial charge in [0.15, 0.2) is 0 Å². The number of ether oxygens (including phenoxy) is 1. The van der Waals surface area contributed by atoms with E-state index in [2.05, 4.69) is 16.0 Å². The van der Waals surface area contributed by atoms with Crippen LogP contribution >= 0.6 is 0 Å². The minimum atomic E-state index is -1.17. The van der Waals surface area contributed by atoms with Gasteiger partial charge >= 0.3 is 6.03 Å². The molecule has 1 aliphatic heterocycles. The van der Waals surface area contributed by atoms with Crippen molar-refractivity contribution in [2.75, 3.05) is 12.4 Å². The van der Waals surface area contributed by atoms with E-state index in [4.69, 9.17) is 4.74 Å². The number of anilines is 1. The number of imide groups is 1. The van der Waals surface area contributed by atoms with Gasteiger partial charge in [-0.15, -0.1) is 0 Å². The number of methoxy groups -OCH3 is 1. The second-order valence-electron chi connectivity index (χ2n) is 6.20. The molecule has 0 bridgehead atoms. The average molecular weight is 353 g/mol. The van der Waals surface area contributed by atoms with Crippen LogP contribution in [0.15, 0.2) is 48.5 Å². The third-order valence-corrected chi connectivity index (χ3v) is 4.27. The molecule has 0 aliphatic carbocycles. The number of carbonyl (C=O) groups excluding carboxylic acids is 3. The van der Waals surface area contributed by atoms with E-state index in [0.29, 0.717) is 23.4 Å². The van der Waals surface area contributed by atoms with Crippen molar-refractivity contribution in [3.63, 3.8) is 0 Å². The number of hydrogen-bond donors (Lipinski definition) is 3. The zero-order valence-corrected chi connectivity index (χ0v) is 14.5. The number of rotatable bonds is 5. The van der Waals surface area contributed by atoms with Gasteiger partial charge in [-0.05, 0) is 42.3 Å². The van der Waals surface area contributed by atoms with Gasteiger partial charge in [-0.2, -0.15) is 0 Å². The Morgan fingerprint density at radius 3 is 2.50 bits per heavy atom. The fraction of sp³-hybridized carbons (Fsp3) is 0.211. The highest BCUT2D eigenvalue weighted by Gasteiger charge is 2.43. The summed E-state index contributed by atoms with van der Waals surface area (Å²) >= 11 is 0. The van der Waals surface area contributed by atoms with Crippen LogP contribution in [0.25, 0.3) is 0 Å². The highest BCUT2D eigenvalue weighted by Crippen LogP contribution is 2.26. The highest BCUT2D eigenvalue weighted by molar-refractivity contribution is 6.07. The van der Waals surface area contributed by atoms with E-state index in [1.165, 1.54) is 0 Å². The molecular weight excluding hydrogens is 334 g/mol. The first-order chi connectivity index (χ1) is 12.4. The van der Waals surface area contributed by atoms with Crippen molar-refractivity contribution >= 4 is 23.5 Å². The van der Waals surface area contributed by atoms with Gasteiger partial charge in [0.1, 0.15) is 5.54 Å². The molecule has 1 saturated heterocycles. The van der Waals surface area contributed by atoms with Gasteiger partial charge in [-0.25, -0.2) is 4.79 Å². The smallest absolute Gasteiger partial charge is 0.322 e. The molecule has 26 heavy (non-hydrogen) atoms. The van der Waals surface area contributed by atoms with Gasteiger partial charge in [0.05, 0.1) is 6.61 Å². The van der Waals surface area contributed by atoms with E-state index in [0.717, 1.165) is 5.56 Å². The molecule has 134 valence electrons. The Labute approximate surface area is 150 Å². The molecule has 1 atom stereocenters. The Hall–Kier alpha value is -3.19. The molecule has 1 unspecified atom stereocenters. The molecule has 1 aliphatic rings. The van der Waals surface area contributed by atoms with Crippen LogP contribution < -0.4 is 16.0 Å². The van der Waals surface area contributed by atoms with Crippen LogP contribution in [0.2, 0.25) is 0 Å². The highest BCUT2D eigenvalue weighted by atomic mass is 16.5. The van der Waals surface area contributed by atoms with Gasteiger partial charge in [-0.1, -0.05) is 24.3 Å². The van der Waals surface area contributed by atoms with E-state index in [1.54, 1.807) is 50.4 Å². The van der Waals surface area contributed by atoms with E-state index >= 15 is 0 Å². The summed E-state index contributed by atoms with van der Waals surface area (Å²) in [6, 6.07) is 13.4. The van der Waals surface area contributed by atoms with Crippen LogP contribution in [0.5, 0.6) is 0 Å². The van der Waals surface area contributed by atoms with Crippen LogP contribution in [-0.4, -0.2) is 25.0 Å². The lowest BCUT2D eigenvalue weighted by Crippen LogP contribution is -2.40. The summed E-state index contributed by atoms with van der Waals surface area (Å²) < 4.78 is 5.05. The van der Waals surface area contributed by atoms with Crippen LogP contribution in [0.3, 0.4) is 0 Å². The third-order valence-electron chi connectivity index (χ3n) is 4.27. The number of urea groups is 1. The maximum Gasteiger partial charge on any atom is 0.322 e. The number of nitrogens with one attached hydrogen (secondary N) is 3. The van der Waals surface area contributed by atoms with Gasteiger partial charge < -0.3 is 15.4 Å². The lowest BCUT2D eigenvalue weighted by molar-refractivity contribution is -0.123. The molecule has 4 amide bonds. The van der Waals surface area contributed by atoms with Crippen molar-refractivity contribution in [3.8, 4) is 0 Å². The van der Waals surface area contributed by atoms with Crippen molar-refractivity contribution in [2.24, 2.45) is 0 Å². The van der Waals surface area contributed by atoms with Crippen LogP contribution in [0.4, 0.5) is 10.5 Å². The quantitative estimate of drug-likeness (QED) is 0.718. The maximum absolute atomic E-state index is 12.4. The summed E-state index contributed by atoms with van der Waals surface area (Å²) in [4.78, 5) is 35.9. The number of hydrogen-bond acceptors (Lipinski definition) is 4. The monoisotopic (exact) mass is 353 g/mol. The SMILES string of the molecule is COCc1ccc(C(=O)Nc2cccc(C3(C)NC(=O)NC3=O)c2)cc1. The van der Waals surface area contributed by atoms with E-state index in [9.17, 15) is 14.4 Å². The number of amides is 4. The first-order valence-electron chi connectivity index (χ1n) is 8.06. The van der Waals surface area contributed by atoms with E-state index < -0.39 is 17.5 Å². The van der Waals surface area contributed by atoms with Gasteiger partial charge in [0.2, 0.25) is 0 Å². The molecule has 0 spiro atoms. The summed E-state index contributed by atoms with van der Waals surface area (Å²) in [7, 11) is 1.61. The molecule has 7 heteroatoms. The number of carbonyl (C=O) groups is 3. The lowest BCUT2D eigenvalue weighted by atomic mass is 9.92. The minimum Gasteiger partial charge on any atom is -0.380 e. The fourth-order valence-electron chi connectivity index (χ4n) is 2.78. The molecule has 3 rings (SSSR count). The molecular formula is C19H19N3O4. The van der Waals surface area contributed by atoms with Gasteiger partial charge in [0.25, 0.3) is 11.8 Å². The molecule has 3 N–H and O–H groups in total. The molecule has 2 aromatic carbocycles. The zero-order valence-electron chi connectivity index (χ0n) is 14.5. The van der Waals surface area contributed by atoms with Crippen molar-refractivity contribution in [1.82, 2.24) is 10.6 Å². The summed E-state index contributed by atoms with van der Waals surface area (Å²) in [5, 5.41) is 7.63. The first-order valence-corrected chi connectivity index (χ1v) is 8.06. The largest absolute Gasteiger partial charge is 0.380 e.